The van der Waals surface area contributed by atoms with E-state index in [-0.39, 0.29) is 30.3 Å². The summed E-state index contributed by atoms with van der Waals surface area (Å²) >= 11 is 1.72. The Morgan fingerprint density at radius 3 is 2.30 bits per heavy atom. The van der Waals surface area contributed by atoms with Gasteiger partial charge >= 0.3 is 0 Å². The van der Waals surface area contributed by atoms with Crippen molar-refractivity contribution < 1.29 is 24.5 Å². The first-order valence-corrected chi connectivity index (χ1v) is 16.3. The minimum absolute atomic E-state index is 0.100. The number of carbonyl (C=O) groups is 2. The first-order valence-electron chi connectivity index (χ1n) is 15.5. The number of hydrogen-bond acceptors (Lipinski definition) is 7. The SMILES string of the molecule is C[C@@H]1CN([C@@H](C)CO)C(=O)c2cccc(NC(=O)[C@H](O)c3ccccc3)c2O[C@@H]1CN(C)Cc1ccc(Sc2ccccc2)cc1. The average molecular weight is 640 g/mol. The van der Waals surface area contributed by atoms with Crippen LogP contribution in [0.15, 0.2) is 113 Å². The third-order valence-corrected chi connectivity index (χ3v) is 9.17. The molecule has 0 fully saturated rings. The maximum Gasteiger partial charge on any atom is 0.258 e. The van der Waals surface area contributed by atoms with Crippen LogP contribution in [0.25, 0.3) is 0 Å². The molecule has 9 heteroatoms. The number of carbonyl (C=O) groups excluding carboxylic acids is 2. The normalized spacial score (nSPS) is 17.8. The molecule has 4 aromatic rings. The van der Waals surface area contributed by atoms with Gasteiger partial charge in [0.1, 0.15) is 6.10 Å². The monoisotopic (exact) mass is 639 g/mol. The lowest BCUT2D eigenvalue weighted by atomic mass is 9.98. The quantitative estimate of drug-likeness (QED) is 0.189. The first kappa shape index (κ1) is 33.2. The van der Waals surface area contributed by atoms with Gasteiger partial charge in [0, 0.05) is 35.3 Å². The van der Waals surface area contributed by atoms with E-state index in [0.29, 0.717) is 36.4 Å². The molecule has 4 atom stereocenters. The fourth-order valence-electron chi connectivity index (χ4n) is 5.52. The summed E-state index contributed by atoms with van der Waals surface area (Å²) in [4.78, 5) is 33.2. The minimum Gasteiger partial charge on any atom is -0.486 e. The van der Waals surface area contributed by atoms with Crippen LogP contribution in [0, 0.1) is 5.92 Å². The lowest BCUT2D eigenvalue weighted by Crippen LogP contribution is -2.49. The predicted octanol–water partition coefficient (Wildman–Crippen LogP) is 5.86. The lowest BCUT2D eigenvalue weighted by Gasteiger charge is -2.38. The van der Waals surface area contributed by atoms with E-state index in [4.69, 9.17) is 4.74 Å². The van der Waals surface area contributed by atoms with E-state index in [0.717, 1.165) is 5.56 Å². The summed E-state index contributed by atoms with van der Waals surface area (Å²) < 4.78 is 6.64. The first-order chi connectivity index (χ1) is 22.2. The molecular formula is C37H41N3O5S. The Bertz CT molecular complexity index is 1600. The van der Waals surface area contributed by atoms with Gasteiger partial charge in [0.05, 0.1) is 23.9 Å². The number of nitrogens with zero attached hydrogens (tertiary/aromatic N) is 2. The van der Waals surface area contributed by atoms with Gasteiger partial charge in [-0.25, -0.2) is 0 Å². The maximum absolute atomic E-state index is 13.8. The highest BCUT2D eigenvalue weighted by atomic mass is 32.2. The number of anilines is 1. The van der Waals surface area contributed by atoms with E-state index in [1.165, 1.54) is 9.79 Å². The zero-order valence-electron chi connectivity index (χ0n) is 26.4. The molecule has 46 heavy (non-hydrogen) atoms. The summed E-state index contributed by atoms with van der Waals surface area (Å²) in [5.41, 5.74) is 2.21. The fourth-order valence-corrected chi connectivity index (χ4v) is 6.36. The Balaban J connectivity index is 1.36. The van der Waals surface area contributed by atoms with Crippen molar-refractivity contribution >= 4 is 29.3 Å². The molecule has 0 aliphatic carbocycles. The predicted molar refractivity (Wildman–Crippen MR) is 181 cm³/mol. The molecule has 3 N–H and O–H groups in total. The van der Waals surface area contributed by atoms with Crippen molar-refractivity contribution in [2.24, 2.45) is 5.92 Å². The van der Waals surface area contributed by atoms with E-state index in [2.05, 4.69) is 46.6 Å². The Kier molecular flexibility index (Phi) is 11.1. The molecule has 0 saturated heterocycles. The van der Waals surface area contributed by atoms with Gasteiger partial charge < -0.3 is 25.2 Å². The Hall–Kier alpha value is -4.15. The Labute approximate surface area is 275 Å². The van der Waals surface area contributed by atoms with Gasteiger partial charge in [-0.15, -0.1) is 0 Å². The molecule has 0 unspecified atom stereocenters. The van der Waals surface area contributed by atoms with Gasteiger partial charge in [-0.3, -0.25) is 14.5 Å². The van der Waals surface area contributed by atoms with Crippen LogP contribution in [-0.4, -0.2) is 70.7 Å². The van der Waals surface area contributed by atoms with Crippen molar-refractivity contribution in [2.75, 3.05) is 32.1 Å². The molecule has 1 aliphatic heterocycles. The minimum atomic E-state index is -1.40. The number of para-hydroxylation sites is 1. The second-order valence-electron chi connectivity index (χ2n) is 11.9. The number of aliphatic hydroxyl groups is 2. The highest BCUT2D eigenvalue weighted by Crippen LogP contribution is 2.36. The van der Waals surface area contributed by atoms with Crippen LogP contribution in [-0.2, 0) is 11.3 Å². The Morgan fingerprint density at radius 2 is 1.63 bits per heavy atom. The van der Waals surface area contributed by atoms with Gasteiger partial charge in [0.2, 0.25) is 0 Å². The highest BCUT2D eigenvalue weighted by Gasteiger charge is 2.35. The van der Waals surface area contributed by atoms with Crippen LogP contribution in [0.5, 0.6) is 5.75 Å². The Morgan fingerprint density at radius 1 is 0.978 bits per heavy atom. The van der Waals surface area contributed by atoms with Crippen LogP contribution < -0.4 is 10.1 Å². The van der Waals surface area contributed by atoms with Crippen molar-refractivity contribution in [2.45, 2.75) is 48.4 Å². The molecule has 0 radical (unpaired) electrons. The molecule has 240 valence electrons. The van der Waals surface area contributed by atoms with Gasteiger partial charge in [-0.05, 0) is 61.5 Å². The zero-order valence-corrected chi connectivity index (χ0v) is 27.2. The number of aliphatic hydroxyl groups excluding tert-OH is 2. The largest absolute Gasteiger partial charge is 0.486 e. The standard InChI is InChI=1S/C37H41N3O5S/c1-25-21-40(26(2)24-41)37(44)31-15-10-16-32(38-36(43)34(42)28-11-6-4-7-12-28)35(31)45-33(25)23-39(3)22-27-17-19-30(20-18-27)46-29-13-8-5-9-14-29/h4-20,25-26,33-34,41-42H,21-24H2,1-3H3,(H,38,43)/t25-,26+,33-,34-/m1/s1. The highest BCUT2D eigenvalue weighted by molar-refractivity contribution is 7.99. The van der Waals surface area contributed by atoms with Gasteiger partial charge in [0.25, 0.3) is 11.8 Å². The topological polar surface area (TPSA) is 102 Å². The van der Waals surface area contributed by atoms with E-state index in [9.17, 15) is 19.8 Å². The molecular weight excluding hydrogens is 598 g/mol. The van der Waals surface area contributed by atoms with Crippen molar-refractivity contribution in [3.05, 3.63) is 120 Å². The van der Waals surface area contributed by atoms with Gasteiger partial charge in [0.15, 0.2) is 11.9 Å². The molecule has 0 aromatic heterocycles. The molecule has 1 heterocycles. The maximum atomic E-state index is 13.8. The van der Waals surface area contributed by atoms with E-state index in [1.54, 1.807) is 59.1 Å². The van der Waals surface area contributed by atoms with Crippen molar-refractivity contribution in [1.29, 1.82) is 0 Å². The molecule has 0 spiro atoms. The number of benzene rings is 4. The number of hydrogen-bond donors (Lipinski definition) is 3. The summed E-state index contributed by atoms with van der Waals surface area (Å²) in [6, 6.07) is 32.1. The van der Waals surface area contributed by atoms with Crippen molar-refractivity contribution in [1.82, 2.24) is 9.80 Å². The third-order valence-electron chi connectivity index (χ3n) is 8.16. The summed E-state index contributed by atoms with van der Waals surface area (Å²) in [5, 5.41) is 23.5. The number of fused-ring (bicyclic) bond motifs is 1. The molecule has 0 bridgehead atoms. The van der Waals surface area contributed by atoms with Crippen LogP contribution in [0.3, 0.4) is 0 Å². The van der Waals surface area contributed by atoms with Gasteiger partial charge in [-0.1, -0.05) is 85.4 Å². The number of amides is 2. The number of rotatable bonds is 11. The zero-order chi connectivity index (χ0) is 32.6. The molecule has 2 amide bonds. The smallest absolute Gasteiger partial charge is 0.258 e. The summed E-state index contributed by atoms with van der Waals surface area (Å²) in [5.74, 6) is -0.766. The summed E-state index contributed by atoms with van der Waals surface area (Å²) in [7, 11) is 2.03. The second kappa shape index (κ2) is 15.4. The fraction of sp³-hybridized carbons (Fsp3) is 0.297. The van der Waals surface area contributed by atoms with Crippen LogP contribution >= 0.6 is 11.8 Å². The molecule has 4 aromatic carbocycles. The van der Waals surface area contributed by atoms with Gasteiger partial charge in [-0.2, -0.15) is 0 Å². The number of nitrogens with one attached hydrogen (secondary N) is 1. The second-order valence-corrected chi connectivity index (χ2v) is 13.0. The van der Waals surface area contributed by atoms with Crippen LogP contribution in [0.2, 0.25) is 0 Å². The van der Waals surface area contributed by atoms with Crippen molar-refractivity contribution in [3.8, 4) is 5.75 Å². The summed E-state index contributed by atoms with van der Waals surface area (Å²) in [6.45, 7) is 5.29. The van der Waals surface area contributed by atoms with E-state index in [1.807, 2.05) is 45.2 Å². The van der Waals surface area contributed by atoms with Crippen molar-refractivity contribution in [3.63, 3.8) is 0 Å². The molecule has 5 rings (SSSR count). The van der Waals surface area contributed by atoms with Crippen LogP contribution in [0.1, 0.15) is 41.4 Å². The summed E-state index contributed by atoms with van der Waals surface area (Å²) in [6.07, 6.45) is -1.75. The molecule has 1 aliphatic rings. The third kappa shape index (κ3) is 8.16. The van der Waals surface area contributed by atoms with Crippen LogP contribution in [0.4, 0.5) is 5.69 Å². The number of likely N-dealkylation sites (N-methyl/N-ethyl adjacent to an activating group) is 1. The molecule has 8 nitrogen and oxygen atoms in total. The number of ether oxygens (including phenoxy) is 1. The van der Waals surface area contributed by atoms with E-state index < -0.39 is 18.1 Å². The van der Waals surface area contributed by atoms with E-state index >= 15 is 0 Å². The lowest BCUT2D eigenvalue weighted by molar-refractivity contribution is -0.124. The molecule has 0 saturated carbocycles. The average Bonchev–Trinajstić information content (AvgIpc) is 3.07.